The van der Waals surface area contributed by atoms with Gasteiger partial charge in [0, 0.05) is 51.1 Å². The lowest BCUT2D eigenvalue weighted by Gasteiger charge is -2.32. The smallest absolute Gasteiger partial charge is 0.193 e. The van der Waals surface area contributed by atoms with Gasteiger partial charge in [0.25, 0.3) is 0 Å². The van der Waals surface area contributed by atoms with Gasteiger partial charge in [-0.25, -0.2) is 4.98 Å². The van der Waals surface area contributed by atoms with Gasteiger partial charge < -0.3 is 15.0 Å². The van der Waals surface area contributed by atoms with Crippen molar-refractivity contribution in [3.63, 3.8) is 0 Å². The Hall–Kier alpha value is -1.18. The molecule has 1 aromatic rings. The topological polar surface area (TPSA) is 53.0 Å². The normalized spacial score (nSPS) is 22.2. The summed E-state index contributed by atoms with van der Waals surface area (Å²) < 4.78 is 5.60. The zero-order valence-corrected chi connectivity index (χ0v) is 18.6. The van der Waals surface area contributed by atoms with Crippen molar-refractivity contribution in [1.82, 2.24) is 20.1 Å². The van der Waals surface area contributed by atoms with Crippen LogP contribution in [0.5, 0.6) is 0 Å². The molecule has 3 heterocycles. The Kier molecular flexibility index (Phi) is 8.55. The lowest BCUT2D eigenvalue weighted by molar-refractivity contribution is 0.114. The van der Waals surface area contributed by atoms with E-state index in [1.54, 1.807) is 11.3 Å². The molecule has 7 heteroatoms. The van der Waals surface area contributed by atoms with E-state index in [4.69, 9.17) is 9.72 Å². The number of aliphatic imine (C=N–C) groups is 1. The Labute approximate surface area is 174 Å². The number of aromatic nitrogens is 1. The first-order valence-electron chi connectivity index (χ1n) is 10.9. The Morgan fingerprint density at radius 2 is 2.04 bits per heavy atom. The maximum atomic E-state index is 5.60. The summed E-state index contributed by atoms with van der Waals surface area (Å²) >= 11 is 1.80. The van der Waals surface area contributed by atoms with E-state index in [1.807, 2.05) is 7.05 Å². The maximum absolute atomic E-state index is 5.60. The number of nitrogens with zero attached hydrogens (tertiary/aromatic N) is 4. The molecule has 0 bridgehead atoms. The predicted molar refractivity (Wildman–Crippen MR) is 117 cm³/mol. The molecular formula is C21H37N5OS. The van der Waals surface area contributed by atoms with Gasteiger partial charge in [0.05, 0.1) is 17.3 Å². The molecule has 28 heavy (non-hydrogen) atoms. The minimum atomic E-state index is 0.640. The number of thiazole rings is 1. The van der Waals surface area contributed by atoms with Gasteiger partial charge in [0.1, 0.15) is 0 Å². The number of ether oxygens (including phenoxy) is 1. The van der Waals surface area contributed by atoms with Crippen LogP contribution in [0.15, 0.2) is 10.4 Å². The van der Waals surface area contributed by atoms with E-state index in [9.17, 15) is 0 Å². The molecular weight excluding hydrogens is 370 g/mol. The largest absolute Gasteiger partial charge is 0.381 e. The molecule has 0 spiro atoms. The molecule has 1 atom stereocenters. The van der Waals surface area contributed by atoms with E-state index < -0.39 is 0 Å². The highest BCUT2D eigenvalue weighted by Gasteiger charge is 2.26. The van der Waals surface area contributed by atoms with Crippen LogP contribution in [-0.2, 0) is 17.7 Å². The van der Waals surface area contributed by atoms with Crippen molar-refractivity contribution in [1.29, 1.82) is 0 Å². The van der Waals surface area contributed by atoms with Crippen LogP contribution >= 0.6 is 11.3 Å². The quantitative estimate of drug-likeness (QED) is 0.530. The summed E-state index contributed by atoms with van der Waals surface area (Å²) in [6.07, 6.45) is 4.75. The Morgan fingerprint density at radius 3 is 2.71 bits per heavy atom. The summed E-state index contributed by atoms with van der Waals surface area (Å²) in [6.45, 7) is 12.5. The minimum Gasteiger partial charge on any atom is -0.381 e. The average molecular weight is 408 g/mol. The van der Waals surface area contributed by atoms with Crippen LogP contribution in [0.1, 0.15) is 43.8 Å². The molecule has 0 radical (unpaired) electrons. The average Bonchev–Trinajstić information content (AvgIpc) is 3.38. The Morgan fingerprint density at radius 1 is 1.25 bits per heavy atom. The van der Waals surface area contributed by atoms with Crippen LogP contribution in [0.25, 0.3) is 0 Å². The van der Waals surface area contributed by atoms with Gasteiger partial charge in [-0.15, -0.1) is 11.3 Å². The van der Waals surface area contributed by atoms with E-state index in [-0.39, 0.29) is 0 Å². The number of rotatable bonds is 8. The van der Waals surface area contributed by atoms with Gasteiger partial charge in [0.2, 0.25) is 0 Å². The molecule has 2 fully saturated rings. The van der Waals surface area contributed by atoms with Crippen molar-refractivity contribution in [2.24, 2.45) is 16.8 Å². The molecule has 1 aromatic heterocycles. The summed E-state index contributed by atoms with van der Waals surface area (Å²) in [4.78, 5) is 14.2. The van der Waals surface area contributed by atoms with Crippen LogP contribution in [0, 0.1) is 11.8 Å². The summed E-state index contributed by atoms with van der Waals surface area (Å²) in [5.41, 5.74) is 1.24. The third-order valence-corrected chi connectivity index (χ3v) is 6.94. The zero-order valence-electron chi connectivity index (χ0n) is 17.8. The van der Waals surface area contributed by atoms with Crippen LogP contribution in [0.3, 0.4) is 0 Å². The summed E-state index contributed by atoms with van der Waals surface area (Å²) in [6, 6.07) is 0. The van der Waals surface area contributed by atoms with Gasteiger partial charge >= 0.3 is 0 Å². The molecule has 3 rings (SSSR count). The first-order valence-corrected chi connectivity index (χ1v) is 11.8. The van der Waals surface area contributed by atoms with Crippen molar-refractivity contribution in [2.45, 2.75) is 46.1 Å². The second-order valence-corrected chi connectivity index (χ2v) is 8.94. The highest BCUT2D eigenvalue weighted by atomic mass is 32.1. The molecule has 1 unspecified atom stereocenters. The van der Waals surface area contributed by atoms with E-state index in [2.05, 4.69) is 39.3 Å². The van der Waals surface area contributed by atoms with E-state index in [0.717, 1.165) is 57.7 Å². The molecule has 2 aliphatic rings. The molecule has 0 aliphatic carbocycles. The summed E-state index contributed by atoms with van der Waals surface area (Å²) in [5, 5.41) is 7.12. The number of hydrogen-bond acceptors (Lipinski definition) is 5. The molecule has 0 aromatic carbocycles. The summed E-state index contributed by atoms with van der Waals surface area (Å²) in [5.74, 6) is 2.44. The van der Waals surface area contributed by atoms with Crippen molar-refractivity contribution in [3.05, 3.63) is 16.1 Å². The number of likely N-dealkylation sites (tertiary alicyclic amines) is 2. The second kappa shape index (κ2) is 11.1. The fourth-order valence-corrected chi connectivity index (χ4v) is 4.91. The fourth-order valence-electron chi connectivity index (χ4n) is 4.18. The van der Waals surface area contributed by atoms with Crippen LogP contribution in [0.4, 0.5) is 0 Å². The van der Waals surface area contributed by atoms with Gasteiger partial charge in [0.15, 0.2) is 5.96 Å². The highest BCUT2D eigenvalue weighted by molar-refractivity contribution is 7.09. The standard InChI is InChI=1S/C21H37N5OS/c1-4-20-24-19(16-28-20)14-25-9-6-17(7-10-25)12-23-21(22-3)26-11-8-18(13-26)15-27-5-2/h16-18H,4-15H2,1-3H3,(H,22,23). The van der Waals surface area contributed by atoms with Crippen molar-refractivity contribution in [2.75, 3.05) is 53.0 Å². The molecule has 158 valence electrons. The Bertz CT molecular complexity index is 612. The van der Waals surface area contributed by atoms with Gasteiger partial charge in [-0.2, -0.15) is 0 Å². The molecule has 6 nitrogen and oxygen atoms in total. The molecule has 2 saturated heterocycles. The SMILES string of the molecule is CCOCC1CCN(C(=NC)NCC2CCN(Cc3csc(CC)n3)CC2)C1. The number of aryl methyl sites for hydroxylation is 1. The Balaban J connectivity index is 1.36. The van der Waals surface area contributed by atoms with Crippen molar-refractivity contribution < 1.29 is 4.74 Å². The lowest BCUT2D eigenvalue weighted by atomic mass is 9.97. The number of piperidine rings is 1. The molecule has 1 N–H and O–H groups in total. The minimum absolute atomic E-state index is 0.640. The number of nitrogens with one attached hydrogen (secondary N) is 1. The van der Waals surface area contributed by atoms with Crippen molar-refractivity contribution >= 4 is 17.3 Å². The molecule has 0 saturated carbocycles. The van der Waals surface area contributed by atoms with Gasteiger partial charge in [-0.1, -0.05) is 6.92 Å². The van der Waals surface area contributed by atoms with E-state index >= 15 is 0 Å². The molecule has 0 amide bonds. The first-order chi connectivity index (χ1) is 13.7. The van der Waals surface area contributed by atoms with Crippen LogP contribution in [-0.4, -0.2) is 73.7 Å². The monoisotopic (exact) mass is 407 g/mol. The third kappa shape index (κ3) is 6.16. The maximum Gasteiger partial charge on any atom is 0.193 e. The van der Waals surface area contributed by atoms with Crippen LogP contribution < -0.4 is 5.32 Å². The highest BCUT2D eigenvalue weighted by Crippen LogP contribution is 2.20. The van der Waals surface area contributed by atoms with Gasteiger partial charge in [-0.3, -0.25) is 9.89 Å². The lowest BCUT2D eigenvalue weighted by Crippen LogP contribution is -2.44. The summed E-state index contributed by atoms with van der Waals surface area (Å²) in [7, 11) is 1.90. The number of hydrogen-bond donors (Lipinski definition) is 1. The zero-order chi connectivity index (χ0) is 19.8. The van der Waals surface area contributed by atoms with Crippen molar-refractivity contribution in [3.8, 4) is 0 Å². The van der Waals surface area contributed by atoms with Crippen LogP contribution in [0.2, 0.25) is 0 Å². The molecule has 2 aliphatic heterocycles. The van der Waals surface area contributed by atoms with E-state index in [0.29, 0.717) is 5.92 Å². The van der Waals surface area contributed by atoms with Gasteiger partial charge in [-0.05, 0) is 51.6 Å². The number of guanidine groups is 1. The second-order valence-electron chi connectivity index (χ2n) is 7.99. The first kappa shape index (κ1) is 21.5. The van der Waals surface area contributed by atoms with E-state index in [1.165, 1.54) is 43.1 Å². The third-order valence-electron chi connectivity index (χ3n) is 5.90. The predicted octanol–water partition coefficient (Wildman–Crippen LogP) is 2.85. The fraction of sp³-hybridized carbons (Fsp3) is 0.810.